The molecule has 0 aliphatic rings. The van der Waals surface area contributed by atoms with Crippen LogP contribution in [0.5, 0.6) is 5.75 Å². The standard InChI is InChI=1S/C16H10O5/c17-13-7-12-9(8-3-1-2-4-10(8)13)5-6-11(15(18)19)14(12)16(20)21/h1-7,17H,(H,18,19)(H,20,21). The molecule has 21 heavy (non-hydrogen) atoms. The fourth-order valence-corrected chi connectivity index (χ4v) is 2.57. The Hall–Kier alpha value is -3.08. The molecule has 3 N–H and O–H groups in total. The van der Waals surface area contributed by atoms with Crippen molar-refractivity contribution in [2.75, 3.05) is 0 Å². The van der Waals surface area contributed by atoms with E-state index in [1.165, 1.54) is 12.1 Å². The van der Waals surface area contributed by atoms with Crippen molar-refractivity contribution in [3.05, 3.63) is 53.6 Å². The summed E-state index contributed by atoms with van der Waals surface area (Å²) < 4.78 is 0. The molecule has 0 fully saturated rings. The topological polar surface area (TPSA) is 94.8 Å². The van der Waals surface area contributed by atoms with Crippen LogP contribution in [-0.4, -0.2) is 27.3 Å². The number of carboxylic acid groups (broad SMARTS) is 2. The van der Waals surface area contributed by atoms with Gasteiger partial charge < -0.3 is 15.3 Å². The smallest absolute Gasteiger partial charge is 0.337 e. The van der Waals surface area contributed by atoms with Crippen LogP contribution in [0.4, 0.5) is 0 Å². The maximum Gasteiger partial charge on any atom is 0.337 e. The first-order valence-corrected chi connectivity index (χ1v) is 6.14. The van der Waals surface area contributed by atoms with E-state index >= 15 is 0 Å². The van der Waals surface area contributed by atoms with Gasteiger partial charge in [0.25, 0.3) is 0 Å². The van der Waals surface area contributed by atoms with E-state index in [-0.39, 0.29) is 22.3 Å². The summed E-state index contributed by atoms with van der Waals surface area (Å²) in [5, 5.41) is 30.6. The van der Waals surface area contributed by atoms with Crippen LogP contribution in [0.1, 0.15) is 20.7 Å². The second-order valence-electron chi connectivity index (χ2n) is 4.63. The van der Waals surface area contributed by atoms with Gasteiger partial charge in [-0.15, -0.1) is 0 Å². The molecule has 0 aromatic heterocycles. The maximum atomic E-state index is 11.4. The van der Waals surface area contributed by atoms with Crippen molar-refractivity contribution in [3.8, 4) is 5.75 Å². The zero-order chi connectivity index (χ0) is 15.1. The van der Waals surface area contributed by atoms with Crippen molar-refractivity contribution >= 4 is 33.5 Å². The number of phenolic OH excluding ortho intramolecular Hbond substituents is 1. The zero-order valence-corrected chi connectivity index (χ0v) is 10.7. The highest BCUT2D eigenvalue weighted by molar-refractivity contribution is 6.19. The SMILES string of the molecule is O=C(O)c1ccc2c(cc(O)c3ccccc32)c1C(=O)O. The highest BCUT2D eigenvalue weighted by Crippen LogP contribution is 2.35. The average Bonchev–Trinajstić information content (AvgIpc) is 2.46. The van der Waals surface area contributed by atoms with Gasteiger partial charge in [-0.3, -0.25) is 0 Å². The monoisotopic (exact) mass is 282 g/mol. The van der Waals surface area contributed by atoms with Crippen LogP contribution in [0.3, 0.4) is 0 Å². The van der Waals surface area contributed by atoms with Crippen LogP contribution in [0.2, 0.25) is 0 Å². The first-order chi connectivity index (χ1) is 10.0. The number of benzene rings is 3. The Morgan fingerprint density at radius 3 is 2.00 bits per heavy atom. The molecule has 0 amide bonds. The van der Waals surface area contributed by atoms with Crippen molar-refractivity contribution in [1.29, 1.82) is 0 Å². The summed E-state index contributed by atoms with van der Waals surface area (Å²) in [6, 6.07) is 11.1. The summed E-state index contributed by atoms with van der Waals surface area (Å²) in [4.78, 5) is 22.6. The zero-order valence-electron chi connectivity index (χ0n) is 10.7. The Labute approximate surface area is 118 Å². The van der Waals surface area contributed by atoms with Gasteiger partial charge in [-0.1, -0.05) is 30.3 Å². The van der Waals surface area contributed by atoms with E-state index in [4.69, 9.17) is 5.11 Å². The molecule has 104 valence electrons. The molecule has 0 atom stereocenters. The minimum Gasteiger partial charge on any atom is -0.507 e. The van der Waals surface area contributed by atoms with E-state index < -0.39 is 11.9 Å². The van der Waals surface area contributed by atoms with Crippen LogP contribution in [0, 0.1) is 0 Å². The molecule has 0 spiro atoms. The van der Waals surface area contributed by atoms with E-state index in [9.17, 15) is 19.8 Å². The van der Waals surface area contributed by atoms with Crippen molar-refractivity contribution in [3.63, 3.8) is 0 Å². The molecule has 5 heteroatoms. The fourth-order valence-electron chi connectivity index (χ4n) is 2.57. The van der Waals surface area contributed by atoms with Crippen molar-refractivity contribution in [2.24, 2.45) is 0 Å². The summed E-state index contributed by atoms with van der Waals surface area (Å²) in [6.07, 6.45) is 0. The van der Waals surface area contributed by atoms with Gasteiger partial charge in [-0.05, 0) is 22.9 Å². The van der Waals surface area contributed by atoms with Crippen LogP contribution in [-0.2, 0) is 0 Å². The fraction of sp³-hybridized carbons (Fsp3) is 0. The van der Waals surface area contributed by atoms with Crippen LogP contribution < -0.4 is 0 Å². The molecule has 0 unspecified atom stereocenters. The third-order valence-electron chi connectivity index (χ3n) is 3.46. The second-order valence-corrected chi connectivity index (χ2v) is 4.63. The highest BCUT2D eigenvalue weighted by atomic mass is 16.4. The lowest BCUT2D eigenvalue weighted by Gasteiger charge is -2.10. The number of hydrogen-bond acceptors (Lipinski definition) is 3. The number of rotatable bonds is 2. The number of fused-ring (bicyclic) bond motifs is 3. The number of hydrogen-bond donors (Lipinski definition) is 3. The van der Waals surface area contributed by atoms with Gasteiger partial charge >= 0.3 is 11.9 Å². The average molecular weight is 282 g/mol. The van der Waals surface area contributed by atoms with Gasteiger partial charge in [-0.25, -0.2) is 9.59 Å². The number of phenols is 1. The second kappa shape index (κ2) is 4.49. The van der Waals surface area contributed by atoms with Gasteiger partial charge in [0.2, 0.25) is 0 Å². The maximum absolute atomic E-state index is 11.4. The van der Waals surface area contributed by atoms with Crippen LogP contribution in [0.15, 0.2) is 42.5 Å². The predicted molar refractivity (Wildman–Crippen MR) is 77.0 cm³/mol. The Morgan fingerprint density at radius 1 is 0.762 bits per heavy atom. The van der Waals surface area contributed by atoms with E-state index in [0.717, 1.165) is 0 Å². The van der Waals surface area contributed by atoms with Gasteiger partial charge in [-0.2, -0.15) is 0 Å². The lowest BCUT2D eigenvalue weighted by atomic mass is 9.94. The first-order valence-electron chi connectivity index (χ1n) is 6.14. The molecular weight excluding hydrogens is 272 g/mol. The summed E-state index contributed by atoms with van der Waals surface area (Å²) >= 11 is 0. The lowest BCUT2D eigenvalue weighted by molar-refractivity contribution is 0.0653. The molecule has 3 rings (SSSR count). The molecule has 0 radical (unpaired) electrons. The molecule has 3 aromatic carbocycles. The van der Waals surface area contributed by atoms with Crippen molar-refractivity contribution in [1.82, 2.24) is 0 Å². The molecule has 0 saturated carbocycles. The molecule has 0 aliphatic heterocycles. The molecule has 0 bridgehead atoms. The Bertz CT molecular complexity index is 911. The van der Waals surface area contributed by atoms with E-state index in [2.05, 4.69) is 0 Å². The minimum atomic E-state index is -1.34. The van der Waals surface area contributed by atoms with Gasteiger partial charge in [0.05, 0.1) is 11.1 Å². The Morgan fingerprint density at radius 2 is 1.38 bits per heavy atom. The van der Waals surface area contributed by atoms with E-state index in [0.29, 0.717) is 16.2 Å². The van der Waals surface area contributed by atoms with E-state index in [1.54, 1.807) is 30.3 Å². The van der Waals surface area contributed by atoms with Crippen molar-refractivity contribution in [2.45, 2.75) is 0 Å². The third-order valence-corrected chi connectivity index (χ3v) is 3.46. The summed E-state index contributed by atoms with van der Waals surface area (Å²) in [5.41, 5.74) is -0.620. The lowest BCUT2D eigenvalue weighted by Crippen LogP contribution is -2.08. The summed E-state index contributed by atoms with van der Waals surface area (Å²) in [7, 11) is 0. The first kappa shape index (κ1) is 12.9. The number of carbonyl (C=O) groups is 2. The quantitative estimate of drug-likeness (QED) is 0.628. The molecular formula is C16H10O5. The highest BCUT2D eigenvalue weighted by Gasteiger charge is 2.20. The molecule has 0 heterocycles. The minimum absolute atomic E-state index is 0.0804. The predicted octanol–water partition coefficient (Wildman–Crippen LogP) is 3.10. The number of aromatic hydroxyl groups is 1. The van der Waals surface area contributed by atoms with Gasteiger partial charge in [0.1, 0.15) is 5.75 Å². The summed E-state index contributed by atoms with van der Waals surface area (Å²) in [5.74, 6) is -2.74. The largest absolute Gasteiger partial charge is 0.507 e. The van der Waals surface area contributed by atoms with Gasteiger partial charge in [0.15, 0.2) is 0 Å². The number of carboxylic acids is 2. The van der Waals surface area contributed by atoms with E-state index in [1.807, 2.05) is 0 Å². The molecule has 0 aliphatic carbocycles. The molecule has 5 nitrogen and oxygen atoms in total. The normalized spacial score (nSPS) is 10.9. The van der Waals surface area contributed by atoms with Crippen molar-refractivity contribution < 1.29 is 24.9 Å². The molecule has 3 aromatic rings. The Balaban J connectivity index is 2.58. The Kier molecular flexibility index (Phi) is 2.76. The third kappa shape index (κ3) is 1.87. The van der Waals surface area contributed by atoms with Crippen LogP contribution >= 0.6 is 0 Å². The molecule has 0 saturated heterocycles. The van der Waals surface area contributed by atoms with Gasteiger partial charge in [0, 0.05) is 10.8 Å². The van der Waals surface area contributed by atoms with Crippen LogP contribution in [0.25, 0.3) is 21.5 Å². The summed E-state index contributed by atoms with van der Waals surface area (Å²) in [6.45, 7) is 0. The number of aromatic carboxylic acids is 2.